The third-order valence-corrected chi connectivity index (χ3v) is 4.64. The van der Waals surface area contributed by atoms with Crippen molar-refractivity contribution in [3.8, 4) is 5.75 Å². The molecule has 0 saturated heterocycles. The minimum absolute atomic E-state index is 0.120. The molecule has 0 spiro atoms. The summed E-state index contributed by atoms with van der Waals surface area (Å²) in [6.45, 7) is 0.120. The fourth-order valence-corrected chi connectivity index (χ4v) is 3.12. The van der Waals surface area contributed by atoms with Crippen molar-refractivity contribution in [3.63, 3.8) is 0 Å². The second-order valence-corrected chi connectivity index (χ2v) is 6.52. The number of carbonyl (C=O) groups excluding carboxylic acids is 2. The zero-order valence-electron chi connectivity index (χ0n) is 12.8. The Bertz CT molecular complexity index is 812. The Morgan fingerprint density at radius 3 is 2.79 bits per heavy atom. The van der Waals surface area contributed by atoms with E-state index in [4.69, 9.17) is 16.3 Å². The molecule has 1 aliphatic rings. The van der Waals surface area contributed by atoms with Crippen LogP contribution < -0.4 is 15.0 Å². The molecular formula is C17H14BrClN2O3. The van der Waals surface area contributed by atoms with Crippen molar-refractivity contribution in [2.24, 2.45) is 0 Å². The number of hydrogen-bond acceptors (Lipinski definition) is 3. The summed E-state index contributed by atoms with van der Waals surface area (Å²) < 4.78 is 6.35. The van der Waals surface area contributed by atoms with Gasteiger partial charge in [0.15, 0.2) is 6.10 Å². The molecule has 124 valence electrons. The molecule has 0 fully saturated rings. The number of amides is 2. The highest BCUT2D eigenvalue weighted by molar-refractivity contribution is 9.10. The summed E-state index contributed by atoms with van der Waals surface area (Å²) in [7, 11) is 1.53. The van der Waals surface area contributed by atoms with Crippen molar-refractivity contribution >= 4 is 45.0 Å². The van der Waals surface area contributed by atoms with E-state index in [0.717, 1.165) is 0 Å². The van der Waals surface area contributed by atoms with Gasteiger partial charge >= 0.3 is 0 Å². The number of likely N-dealkylation sites (N-methyl/N-ethyl adjacent to an activating group) is 1. The maximum absolute atomic E-state index is 13.0. The summed E-state index contributed by atoms with van der Waals surface area (Å²) in [5, 5.41) is 3.02. The van der Waals surface area contributed by atoms with Crippen molar-refractivity contribution in [2.75, 3.05) is 18.5 Å². The van der Waals surface area contributed by atoms with Gasteiger partial charge in [0.1, 0.15) is 5.75 Å². The van der Waals surface area contributed by atoms with E-state index in [9.17, 15) is 9.59 Å². The Labute approximate surface area is 152 Å². The summed E-state index contributed by atoms with van der Waals surface area (Å²) in [6.07, 6.45) is -0.771. The third kappa shape index (κ3) is 3.12. The average molecular weight is 410 g/mol. The molecule has 2 aromatic rings. The first kappa shape index (κ1) is 16.8. The Morgan fingerprint density at radius 2 is 2.04 bits per heavy atom. The van der Waals surface area contributed by atoms with E-state index in [-0.39, 0.29) is 18.4 Å². The summed E-state index contributed by atoms with van der Waals surface area (Å²) in [5.74, 6) is -0.0506. The minimum Gasteiger partial charge on any atom is -0.477 e. The molecule has 24 heavy (non-hydrogen) atoms. The number of fused-ring (bicyclic) bond motifs is 1. The number of rotatable bonds is 2. The van der Waals surface area contributed by atoms with Crippen LogP contribution in [0.2, 0.25) is 5.02 Å². The van der Waals surface area contributed by atoms with Crippen LogP contribution >= 0.6 is 27.5 Å². The van der Waals surface area contributed by atoms with Crippen molar-refractivity contribution < 1.29 is 14.3 Å². The lowest BCUT2D eigenvalue weighted by Gasteiger charge is -2.34. The number of anilines is 1. The molecule has 2 aromatic carbocycles. The first-order chi connectivity index (χ1) is 11.5. The molecule has 2 amide bonds. The van der Waals surface area contributed by atoms with E-state index >= 15 is 0 Å². The second-order valence-electron chi connectivity index (χ2n) is 5.23. The smallest absolute Gasteiger partial charge is 0.262 e. The highest BCUT2D eigenvalue weighted by atomic mass is 79.9. The van der Waals surface area contributed by atoms with E-state index in [1.54, 1.807) is 36.4 Å². The summed E-state index contributed by atoms with van der Waals surface area (Å²) in [5.41, 5.74) is 1.05. The molecule has 0 aromatic heterocycles. The number of halogens is 2. The van der Waals surface area contributed by atoms with Crippen molar-refractivity contribution in [1.29, 1.82) is 0 Å². The van der Waals surface area contributed by atoms with Crippen LogP contribution in [0.15, 0.2) is 46.9 Å². The van der Waals surface area contributed by atoms with Gasteiger partial charge in [-0.05, 0) is 46.3 Å². The zero-order valence-corrected chi connectivity index (χ0v) is 15.1. The standard InChI is InChI=1S/C17H14BrClN2O3/c1-20-16(22)15-9-21(13-4-2-3-5-14(13)24-15)17(23)11-8-10(19)6-7-12(11)18/h2-8,15H,9H2,1H3,(H,20,22). The van der Waals surface area contributed by atoms with Crippen molar-refractivity contribution in [3.05, 3.63) is 57.5 Å². The van der Waals surface area contributed by atoms with Crippen LogP contribution in [0.5, 0.6) is 5.75 Å². The SMILES string of the molecule is CNC(=O)C1CN(C(=O)c2cc(Cl)ccc2Br)c2ccccc2O1. The lowest BCUT2D eigenvalue weighted by Crippen LogP contribution is -2.50. The van der Waals surface area contributed by atoms with Crippen molar-refractivity contribution in [2.45, 2.75) is 6.10 Å². The molecule has 3 rings (SSSR count). The van der Waals surface area contributed by atoms with Gasteiger partial charge < -0.3 is 15.0 Å². The van der Waals surface area contributed by atoms with E-state index in [2.05, 4.69) is 21.2 Å². The minimum atomic E-state index is -0.771. The molecule has 1 unspecified atom stereocenters. The van der Waals surface area contributed by atoms with Gasteiger partial charge in [-0.3, -0.25) is 9.59 Å². The number of para-hydroxylation sites is 2. The first-order valence-electron chi connectivity index (χ1n) is 7.25. The number of ether oxygens (including phenoxy) is 1. The molecule has 7 heteroatoms. The number of carbonyl (C=O) groups is 2. The Balaban J connectivity index is 2.03. The topological polar surface area (TPSA) is 58.6 Å². The lowest BCUT2D eigenvalue weighted by atomic mass is 10.1. The predicted molar refractivity (Wildman–Crippen MR) is 95.8 cm³/mol. The van der Waals surface area contributed by atoms with Crippen LogP contribution in [0.4, 0.5) is 5.69 Å². The molecule has 0 aliphatic carbocycles. The molecular weight excluding hydrogens is 396 g/mol. The van der Waals surface area contributed by atoms with Gasteiger partial charge in [0.25, 0.3) is 11.8 Å². The quantitative estimate of drug-likeness (QED) is 0.828. The van der Waals surface area contributed by atoms with Crippen LogP contribution in [0.1, 0.15) is 10.4 Å². The summed E-state index contributed by atoms with van der Waals surface area (Å²) in [4.78, 5) is 26.6. The van der Waals surface area contributed by atoms with Gasteiger partial charge in [-0.1, -0.05) is 23.7 Å². The van der Waals surface area contributed by atoms with Gasteiger partial charge in [-0.25, -0.2) is 0 Å². The van der Waals surface area contributed by atoms with Gasteiger partial charge in [0.2, 0.25) is 0 Å². The van der Waals surface area contributed by atoms with Crippen LogP contribution in [-0.4, -0.2) is 31.5 Å². The third-order valence-electron chi connectivity index (χ3n) is 3.72. The fraction of sp³-hybridized carbons (Fsp3) is 0.176. The zero-order chi connectivity index (χ0) is 17.3. The maximum atomic E-state index is 13.0. The van der Waals surface area contributed by atoms with Gasteiger partial charge in [-0.2, -0.15) is 0 Å². The fourth-order valence-electron chi connectivity index (χ4n) is 2.53. The van der Waals surface area contributed by atoms with Crippen LogP contribution in [0.25, 0.3) is 0 Å². The van der Waals surface area contributed by atoms with Crippen molar-refractivity contribution in [1.82, 2.24) is 5.32 Å². The van der Waals surface area contributed by atoms with E-state index in [0.29, 0.717) is 26.5 Å². The molecule has 1 heterocycles. The second kappa shape index (κ2) is 6.83. The van der Waals surface area contributed by atoms with Gasteiger partial charge in [-0.15, -0.1) is 0 Å². The normalized spacial score (nSPS) is 16.1. The highest BCUT2D eigenvalue weighted by Gasteiger charge is 2.34. The summed E-state index contributed by atoms with van der Waals surface area (Å²) in [6, 6.07) is 12.1. The van der Waals surface area contributed by atoms with Gasteiger partial charge in [0, 0.05) is 16.5 Å². The molecule has 1 aliphatic heterocycles. The predicted octanol–water partition coefficient (Wildman–Crippen LogP) is 3.26. The largest absolute Gasteiger partial charge is 0.477 e. The number of benzene rings is 2. The molecule has 0 saturated carbocycles. The molecule has 5 nitrogen and oxygen atoms in total. The van der Waals surface area contributed by atoms with E-state index in [1.165, 1.54) is 11.9 Å². The lowest BCUT2D eigenvalue weighted by molar-refractivity contribution is -0.127. The van der Waals surface area contributed by atoms with Crippen LogP contribution in [0.3, 0.4) is 0 Å². The Hall–Kier alpha value is -2.05. The maximum Gasteiger partial charge on any atom is 0.262 e. The highest BCUT2D eigenvalue weighted by Crippen LogP contribution is 2.35. The Morgan fingerprint density at radius 1 is 1.29 bits per heavy atom. The molecule has 1 N–H and O–H groups in total. The van der Waals surface area contributed by atoms with E-state index < -0.39 is 6.10 Å². The van der Waals surface area contributed by atoms with Crippen LogP contribution in [0, 0.1) is 0 Å². The summed E-state index contributed by atoms with van der Waals surface area (Å²) >= 11 is 9.40. The monoisotopic (exact) mass is 408 g/mol. The number of nitrogens with zero attached hydrogens (tertiary/aromatic N) is 1. The molecule has 1 atom stereocenters. The Kier molecular flexibility index (Phi) is 4.78. The molecule has 0 bridgehead atoms. The number of hydrogen-bond donors (Lipinski definition) is 1. The number of nitrogens with one attached hydrogen (secondary N) is 1. The molecule has 0 radical (unpaired) electrons. The first-order valence-corrected chi connectivity index (χ1v) is 8.42. The van der Waals surface area contributed by atoms with Gasteiger partial charge in [0.05, 0.1) is 17.8 Å². The average Bonchev–Trinajstić information content (AvgIpc) is 2.61. The van der Waals surface area contributed by atoms with E-state index in [1.807, 2.05) is 6.07 Å². The van der Waals surface area contributed by atoms with Crippen LogP contribution in [-0.2, 0) is 4.79 Å².